The van der Waals surface area contributed by atoms with Crippen LogP contribution in [0.3, 0.4) is 0 Å². The number of hydrogen-bond acceptors (Lipinski definition) is 8. The number of carbonyl (C=O) groups excluding carboxylic acids is 2. The van der Waals surface area contributed by atoms with Crippen LogP contribution in [0.2, 0.25) is 0 Å². The fraction of sp³-hybridized carbons (Fsp3) is 0.344. The average molecular weight is 649 g/mol. The van der Waals surface area contributed by atoms with Crippen molar-refractivity contribution in [2.24, 2.45) is 0 Å². The number of alkyl halides is 3. The maximum absolute atomic E-state index is 15.8. The van der Waals surface area contributed by atoms with Gasteiger partial charge in [0.1, 0.15) is 34.5 Å². The Labute approximate surface area is 260 Å². The van der Waals surface area contributed by atoms with Gasteiger partial charge in [-0.15, -0.1) is 4.72 Å². The molecule has 0 aliphatic carbocycles. The first kappa shape index (κ1) is 33.9. The largest absolute Gasteiger partial charge is 0.598 e. The third-order valence-electron chi connectivity index (χ3n) is 6.73. The molecule has 1 unspecified atom stereocenters. The van der Waals surface area contributed by atoms with E-state index in [2.05, 4.69) is 9.71 Å². The Bertz CT molecular complexity index is 1710. The van der Waals surface area contributed by atoms with Crippen molar-refractivity contribution in [3.8, 4) is 16.9 Å². The van der Waals surface area contributed by atoms with Crippen LogP contribution >= 0.6 is 0 Å². The van der Waals surface area contributed by atoms with E-state index in [1.165, 1.54) is 43.5 Å². The van der Waals surface area contributed by atoms with Crippen LogP contribution in [0.15, 0.2) is 53.3 Å². The van der Waals surface area contributed by atoms with Gasteiger partial charge in [0.2, 0.25) is 0 Å². The third-order valence-corrected chi connectivity index (χ3v) is 8.24. The summed E-state index contributed by atoms with van der Waals surface area (Å²) in [6.07, 6.45) is -3.06. The van der Waals surface area contributed by atoms with Gasteiger partial charge in [-0.05, 0) is 64.4 Å². The quantitative estimate of drug-likeness (QED) is 0.0794. The lowest BCUT2D eigenvalue weighted by atomic mass is 9.98. The number of aromatic nitrogens is 1. The van der Waals surface area contributed by atoms with Crippen LogP contribution in [0.4, 0.5) is 17.6 Å². The van der Waals surface area contributed by atoms with Crippen molar-refractivity contribution in [1.82, 2.24) is 9.71 Å². The van der Waals surface area contributed by atoms with E-state index in [9.17, 15) is 27.3 Å². The molecule has 1 atom stereocenters. The number of nitrogens with one attached hydrogen (secondary N) is 1. The van der Waals surface area contributed by atoms with E-state index in [-0.39, 0.29) is 71.1 Å². The lowest BCUT2D eigenvalue weighted by Gasteiger charge is -2.23. The second kappa shape index (κ2) is 13.6. The highest BCUT2D eigenvalue weighted by Crippen LogP contribution is 2.41. The number of ketones is 1. The monoisotopic (exact) mass is 648 g/mol. The number of carbonyl (C=O) groups is 2. The van der Waals surface area contributed by atoms with E-state index in [4.69, 9.17) is 13.9 Å². The van der Waals surface area contributed by atoms with Crippen molar-refractivity contribution in [3.63, 3.8) is 0 Å². The highest BCUT2D eigenvalue weighted by Gasteiger charge is 2.36. The molecule has 0 aliphatic heterocycles. The number of rotatable bonds is 11. The van der Waals surface area contributed by atoms with Crippen LogP contribution < -0.4 is 9.46 Å². The van der Waals surface area contributed by atoms with E-state index in [1.54, 1.807) is 33.8 Å². The Morgan fingerprint density at radius 3 is 2.47 bits per heavy atom. The van der Waals surface area contributed by atoms with Gasteiger partial charge in [-0.2, -0.15) is 13.2 Å². The first-order valence-electron chi connectivity index (χ1n) is 13.9. The van der Waals surface area contributed by atoms with Gasteiger partial charge in [0.25, 0.3) is 0 Å². The van der Waals surface area contributed by atoms with Crippen molar-refractivity contribution >= 4 is 34.1 Å². The zero-order valence-electron chi connectivity index (χ0n) is 25.3. The van der Waals surface area contributed by atoms with Crippen molar-refractivity contribution in [3.05, 3.63) is 82.6 Å². The summed E-state index contributed by atoms with van der Waals surface area (Å²) < 4.78 is 88.6. The number of benzene rings is 2. The van der Waals surface area contributed by atoms with Crippen LogP contribution in [0.1, 0.15) is 67.4 Å². The summed E-state index contributed by atoms with van der Waals surface area (Å²) in [4.78, 5) is 28.2. The molecule has 8 nitrogen and oxygen atoms in total. The van der Waals surface area contributed by atoms with E-state index < -0.39 is 39.6 Å². The summed E-state index contributed by atoms with van der Waals surface area (Å²) in [7, 11) is 0. The fourth-order valence-electron chi connectivity index (χ4n) is 4.45. The van der Waals surface area contributed by atoms with Gasteiger partial charge in [0.15, 0.2) is 11.6 Å². The van der Waals surface area contributed by atoms with E-state index >= 15 is 4.39 Å². The van der Waals surface area contributed by atoms with E-state index in [1.807, 2.05) is 0 Å². The van der Waals surface area contributed by atoms with E-state index in [0.717, 1.165) is 0 Å². The summed E-state index contributed by atoms with van der Waals surface area (Å²) in [5, 5.41) is -0.312. The summed E-state index contributed by atoms with van der Waals surface area (Å²) in [5.41, 5.74) is -0.478. The van der Waals surface area contributed by atoms with Crippen molar-refractivity contribution < 1.29 is 45.6 Å². The van der Waals surface area contributed by atoms with Crippen molar-refractivity contribution in [2.45, 2.75) is 65.1 Å². The number of esters is 1. The molecule has 2 aromatic carbocycles. The molecule has 2 heterocycles. The normalized spacial score (nSPS) is 12.8. The minimum absolute atomic E-state index is 0.0175. The standard InChI is InChI=1S/C32H32F4N2O6S/c1-6-42-28(40)14-21-8-7-20(18(2)39)13-27(21)43-16-19-11-23(30-24(12-19)25(17-44-30)32(34,35)36)22-9-10-37-26(29(22)33)15-38-45(41)31(3,4)5/h7-13,17,38H,6,14-16H2,1-5H3. The van der Waals surface area contributed by atoms with Gasteiger partial charge < -0.3 is 18.4 Å². The fourth-order valence-corrected chi connectivity index (χ4v) is 5.15. The van der Waals surface area contributed by atoms with Crippen LogP contribution in [0, 0.1) is 5.82 Å². The zero-order valence-corrected chi connectivity index (χ0v) is 26.1. The molecule has 0 radical (unpaired) electrons. The Kier molecular flexibility index (Phi) is 10.3. The SMILES string of the molecule is CCOC(=O)Cc1ccc(C(C)=O)cc1OCc1cc(-c2ccnc(CN[S+]([O-])C(C)(C)C)c2F)c2occ(C(F)(F)F)c2c1. The molecule has 2 aromatic heterocycles. The van der Waals surface area contributed by atoms with Crippen LogP contribution in [-0.4, -0.2) is 32.6 Å². The lowest BCUT2D eigenvalue weighted by molar-refractivity contribution is -0.142. The summed E-state index contributed by atoms with van der Waals surface area (Å²) in [6.45, 7) is 7.91. The highest BCUT2D eigenvalue weighted by atomic mass is 32.2. The molecule has 4 rings (SSSR count). The molecule has 0 saturated carbocycles. The Hall–Kier alpha value is -3.94. The predicted molar refractivity (Wildman–Crippen MR) is 160 cm³/mol. The molecule has 0 fully saturated rings. The minimum atomic E-state index is -4.77. The molecule has 1 N–H and O–H groups in total. The molecular formula is C32H32F4N2O6S. The minimum Gasteiger partial charge on any atom is -0.598 e. The first-order valence-corrected chi connectivity index (χ1v) is 15.1. The summed E-state index contributed by atoms with van der Waals surface area (Å²) >= 11 is -1.53. The number of hydrogen-bond donors (Lipinski definition) is 1. The maximum Gasteiger partial charge on any atom is 0.420 e. The summed E-state index contributed by atoms with van der Waals surface area (Å²) in [6, 6.07) is 8.50. The number of pyridine rings is 1. The number of nitrogens with zero attached hydrogens (tertiary/aromatic N) is 1. The van der Waals surface area contributed by atoms with Gasteiger partial charge in [-0.25, -0.2) is 4.39 Å². The van der Waals surface area contributed by atoms with E-state index in [0.29, 0.717) is 17.4 Å². The van der Waals surface area contributed by atoms with Crippen molar-refractivity contribution in [1.29, 1.82) is 0 Å². The third kappa shape index (κ3) is 8.02. The Balaban J connectivity index is 1.77. The topological polar surface area (TPSA) is 114 Å². The molecule has 240 valence electrons. The van der Waals surface area contributed by atoms with Gasteiger partial charge in [0.05, 0.1) is 25.3 Å². The second-order valence-corrected chi connectivity index (χ2v) is 13.2. The van der Waals surface area contributed by atoms with Gasteiger partial charge in [0, 0.05) is 45.2 Å². The molecule has 0 amide bonds. The van der Waals surface area contributed by atoms with Crippen molar-refractivity contribution in [2.75, 3.05) is 6.61 Å². The number of halogens is 4. The van der Waals surface area contributed by atoms with Gasteiger partial charge in [-0.1, -0.05) is 12.1 Å². The van der Waals surface area contributed by atoms with Crippen LogP contribution in [0.5, 0.6) is 5.75 Å². The molecule has 4 aromatic rings. The molecule has 0 aliphatic rings. The van der Waals surface area contributed by atoms with Gasteiger partial charge in [-0.3, -0.25) is 14.6 Å². The van der Waals surface area contributed by atoms with Crippen LogP contribution in [-0.2, 0) is 46.6 Å². The molecule has 0 saturated heterocycles. The molecular weight excluding hydrogens is 616 g/mol. The number of ether oxygens (including phenoxy) is 2. The maximum atomic E-state index is 15.8. The number of fused-ring (bicyclic) bond motifs is 1. The first-order chi connectivity index (χ1) is 21.1. The Morgan fingerprint density at radius 2 is 1.82 bits per heavy atom. The zero-order chi connectivity index (χ0) is 33.1. The van der Waals surface area contributed by atoms with Gasteiger partial charge >= 0.3 is 12.1 Å². The lowest BCUT2D eigenvalue weighted by Crippen LogP contribution is -2.39. The smallest absolute Gasteiger partial charge is 0.420 e. The molecule has 45 heavy (non-hydrogen) atoms. The highest BCUT2D eigenvalue weighted by molar-refractivity contribution is 7.90. The number of Topliss-reactive ketones (excluding diaryl/α,β-unsaturated/α-hetero) is 1. The predicted octanol–water partition coefficient (Wildman–Crippen LogP) is 7.09. The average Bonchev–Trinajstić information content (AvgIpc) is 3.40. The molecule has 13 heteroatoms. The molecule has 0 bridgehead atoms. The van der Waals surface area contributed by atoms with Crippen LogP contribution in [0.25, 0.3) is 22.1 Å². The second-order valence-electron chi connectivity index (χ2n) is 11.1. The molecule has 0 spiro atoms. The Morgan fingerprint density at radius 1 is 1.09 bits per heavy atom. The summed E-state index contributed by atoms with van der Waals surface area (Å²) in [5.74, 6) is -1.45. The number of furan rings is 1.